The minimum absolute atomic E-state index is 0.219. The van der Waals surface area contributed by atoms with Crippen LogP contribution in [0.4, 0.5) is 0 Å². The average Bonchev–Trinajstić information content (AvgIpc) is 2.29. The summed E-state index contributed by atoms with van der Waals surface area (Å²) in [7, 11) is 0. The molecule has 0 aliphatic heterocycles. The summed E-state index contributed by atoms with van der Waals surface area (Å²) >= 11 is 0. The Kier molecular flexibility index (Phi) is 8.93. The third kappa shape index (κ3) is 5.92. The number of allylic oxidation sites excluding steroid dienone is 6. The van der Waals surface area contributed by atoms with E-state index < -0.39 is 0 Å². The van der Waals surface area contributed by atoms with E-state index in [-0.39, 0.29) is 5.41 Å². The number of nitrogens with one attached hydrogen (secondary N) is 1. The molecule has 0 fully saturated rings. The molecule has 0 saturated carbocycles. The summed E-state index contributed by atoms with van der Waals surface area (Å²) in [5, 5.41) is 3.40. The molecule has 0 spiro atoms. The molecule has 0 aliphatic carbocycles. The van der Waals surface area contributed by atoms with Crippen molar-refractivity contribution in [3.8, 4) is 0 Å². The molecule has 0 bridgehead atoms. The lowest BCUT2D eigenvalue weighted by molar-refractivity contribution is 0.420. The Hall–Kier alpha value is -0.820. The van der Waals surface area contributed by atoms with Crippen molar-refractivity contribution < 1.29 is 0 Å². The van der Waals surface area contributed by atoms with Gasteiger partial charge < -0.3 is 5.32 Å². The van der Waals surface area contributed by atoms with Gasteiger partial charge in [0.1, 0.15) is 0 Å². The Labute approximate surface area is 101 Å². The topological polar surface area (TPSA) is 12.0 Å². The second kappa shape index (κ2) is 9.41. The Balaban J connectivity index is 4.56. The van der Waals surface area contributed by atoms with Gasteiger partial charge in [-0.25, -0.2) is 0 Å². The van der Waals surface area contributed by atoms with Crippen molar-refractivity contribution in [3.63, 3.8) is 0 Å². The molecule has 16 heavy (non-hydrogen) atoms. The molecule has 1 atom stereocenters. The highest BCUT2D eigenvalue weighted by Gasteiger charge is 2.20. The zero-order valence-electron chi connectivity index (χ0n) is 11.3. The van der Waals surface area contributed by atoms with Crippen LogP contribution in [0.1, 0.15) is 40.5 Å². The third-order valence-corrected chi connectivity index (χ3v) is 2.91. The molecule has 0 aromatic heterocycles. The maximum absolute atomic E-state index is 3.40. The van der Waals surface area contributed by atoms with Crippen LogP contribution in [-0.4, -0.2) is 13.1 Å². The van der Waals surface area contributed by atoms with Crippen LogP contribution in [0.15, 0.2) is 36.5 Å². The first-order valence-electron chi connectivity index (χ1n) is 6.39. The van der Waals surface area contributed by atoms with Crippen molar-refractivity contribution >= 4 is 0 Å². The summed E-state index contributed by atoms with van der Waals surface area (Å²) in [6, 6.07) is 0. The van der Waals surface area contributed by atoms with E-state index in [1.807, 2.05) is 6.92 Å². The summed E-state index contributed by atoms with van der Waals surface area (Å²) < 4.78 is 0. The molecule has 92 valence electrons. The smallest absolute Gasteiger partial charge is 0.00733 e. The maximum Gasteiger partial charge on any atom is 0.00733 e. The van der Waals surface area contributed by atoms with Crippen LogP contribution in [0.2, 0.25) is 0 Å². The van der Waals surface area contributed by atoms with Gasteiger partial charge >= 0.3 is 0 Å². The first kappa shape index (κ1) is 15.2. The van der Waals surface area contributed by atoms with Crippen LogP contribution in [0.25, 0.3) is 0 Å². The molecule has 0 aromatic rings. The van der Waals surface area contributed by atoms with E-state index in [2.05, 4.69) is 62.5 Å². The van der Waals surface area contributed by atoms with Gasteiger partial charge in [-0.15, -0.1) is 0 Å². The second-order valence-electron chi connectivity index (χ2n) is 4.08. The van der Waals surface area contributed by atoms with E-state index in [4.69, 9.17) is 0 Å². The highest BCUT2D eigenvalue weighted by atomic mass is 14.8. The first-order valence-corrected chi connectivity index (χ1v) is 6.39. The third-order valence-electron chi connectivity index (χ3n) is 2.91. The summed E-state index contributed by atoms with van der Waals surface area (Å²) in [6.07, 6.45) is 15.4. The number of hydrogen-bond donors (Lipinski definition) is 1. The zero-order chi connectivity index (χ0) is 12.3. The molecule has 0 rings (SSSR count). The van der Waals surface area contributed by atoms with Crippen LogP contribution in [0.5, 0.6) is 0 Å². The van der Waals surface area contributed by atoms with Crippen LogP contribution in [0, 0.1) is 5.41 Å². The van der Waals surface area contributed by atoms with Gasteiger partial charge in [0.15, 0.2) is 0 Å². The van der Waals surface area contributed by atoms with Crippen molar-refractivity contribution in [2.24, 2.45) is 5.41 Å². The molecular formula is C15H27N. The predicted molar refractivity (Wildman–Crippen MR) is 74.7 cm³/mol. The fourth-order valence-electron chi connectivity index (χ4n) is 1.82. The summed E-state index contributed by atoms with van der Waals surface area (Å²) in [6.45, 7) is 10.7. The van der Waals surface area contributed by atoms with Crippen molar-refractivity contribution in [1.29, 1.82) is 0 Å². The number of rotatable bonds is 8. The molecule has 1 nitrogen and oxygen atoms in total. The van der Waals surface area contributed by atoms with Crippen molar-refractivity contribution in [3.05, 3.63) is 36.5 Å². The van der Waals surface area contributed by atoms with Crippen LogP contribution >= 0.6 is 0 Å². The molecule has 0 radical (unpaired) electrons. The largest absolute Gasteiger partial charge is 0.317 e. The van der Waals surface area contributed by atoms with Gasteiger partial charge in [0.25, 0.3) is 0 Å². The van der Waals surface area contributed by atoms with Gasteiger partial charge in [-0.1, -0.05) is 50.3 Å². The number of hydrogen-bond acceptors (Lipinski definition) is 1. The highest BCUT2D eigenvalue weighted by Crippen LogP contribution is 2.30. The van der Waals surface area contributed by atoms with E-state index in [0.29, 0.717) is 0 Å². The Morgan fingerprint density at radius 3 is 2.25 bits per heavy atom. The quantitative estimate of drug-likeness (QED) is 0.370. The molecule has 0 saturated heterocycles. The second-order valence-corrected chi connectivity index (χ2v) is 4.08. The minimum atomic E-state index is 0.219. The molecule has 0 amide bonds. The minimum Gasteiger partial charge on any atom is -0.317 e. The molecule has 0 heterocycles. The average molecular weight is 221 g/mol. The molecule has 1 heteroatoms. The van der Waals surface area contributed by atoms with Crippen molar-refractivity contribution in [2.45, 2.75) is 40.5 Å². The van der Waals surface area contributed by atoms with E-state index in [1.54, 1.807) is 0 Å². The van der Waals surface area contributed by atoms with Gasteiger partial charge in [-0.2, -0.15) is 0 Å². The lowest BCUT2D eigenvalue weighted by atomic mass is 9.81. The lowest BCUT2D eigenvalue weighted by Crippen LogP contribution is -2.23. The monoisotopic (exact) mass is 221 g/mol. The summed E-state index contributed by atoms with van der Waals surface area (Å²) in [5.74, 6) is 0. The maximum atomic E-state index is 3.40. The van der Waals surface area contributed by atoms with Crippen LogP contribution in [-0.2, 0) is 0 Å². The SMILES string of the molecule is C/C=C/C=C\C(/C=C/C)(CC)CCNCC. The summed E-state index contributed by atoms with van der Waals surface area (Å²) in [4.78, 5) is 0. The summed E-state index contributed by atoms with van der Waals surface area (Å²) in [5.41, 5.74) is 0.219. The van der Waals surface area contributed by atoms with Crippen molar-refractivity contribution in [2.75, 3.05) is 13.1 Å². The van der Waals surface area contributed by atoms with Gasteiger partial charge in [0.2, 0.25) is 0 Å². The fourth-order valence-corrected chi connectivity index (χ4v) is 1.82. The van der Waals surface area contributed by atoms with Gasteiger partial charge in [-0.3, -0.25) is 0 Å². The van der Waals surface area contributed by atoms with E-state index in [1.165, 1.54) is 0 Å². The standard InChI is InChI=1S/C15H27N/c1-5-9-10-12-15(7-3,11-6-2)13-14-16-8-4/h5-6,9-12,16H,7-8,13-14H2,1-4H3/b9-5+,11-6+,12-10-. The first-order chi connectivity index (χ1) is 7.74. The highest BCUT2D eigenvalue weighted by molar-refractivity contribution is 5.15. The van der Waals surface area contributed by atoms with E-state index in [9.17, 15) is 0 Å². The lowest BCUT2D eigenvalue weighted by Gasteiger charge is -2.26. The Bertz CT molecular complexity index is 238. The Morgan fingerprint density at radius 2 is 1.75 bits per heavy atom. The Morgan fingerprint density at radius 1 is 1.00 bits per heavy atom. The normalized spacial score (nSPS) is 16.5. The van der Waals surface area contributed by atoms with E-state index in [0.717, 1.165) is 25.9 Å². The predicted octanol–water partition coefficient (Wildman–Crippen LogP) is 4.09. The zero-order valence-corrected chi connectivity index (χ0v) is 11.3. The van der Waals surface area contributed by atoms with Gasteiger partial charge in [0, 0.05) is 5.41 Å². The van der Waals surface area contributed by atoms with Crippen LogP contribution < -0.4 is 5.32 Å². The fraction of sp³-hybridized carbons (Fsp3) is 0.600. The van der Waals surface area contributed by atoms with E-state index >= 15 is 0 Å². The van der Waals surface area contributed by atoms with Gasteiger partial charge in [0.05, 0.1) is 0 Å². The molecule has 1 unspecified atom stereocenters. The van der Waals surface area contributed by atoms with Crippen LogP contribution in [0.3, 0.4) is 0 Å². The van der Waals surface area contributed by atoms with Crippen molar-refractivity contribution in [1.82, 2.24) is 5.32 Å². The molecule has 1 N–H and O–H groups in total. The molecule has 0 aliphatic rings. The van der Waals surface area contributed by atoms with Gasteiger partial charge in [-0.05, 0) is 39.8 Å². The molecule has 0 aromatic carbocycles. The molecular weight excluding hydrogens is 194 g/mol.